The van der Waals surface area contributed by atoms with Crippen LogP contribution in [0.3, 0.4) is 0 Å². The van der Waals surface area contributed by atoms with Crippen LogP contribution >= 0.6 is 0 Å². The normalized spacial score (nSPS) is 10.2. The number of amides is 1. The van der Waals surface area contributed by atoms with Crippen LogP contribution in [0.4, 0.5) is 11.5 Å². The van der Waals surface area contributed by atoms with Gasteiger partial charge in [-0.05, 0) is 25.1 Å². The number of carbonyl (C=O) groups is 1. The Morgan fingerprint density at radius 2 is 1.81 bits per heavy atom. The van der Waals surface area contributed by atoms with Crippen molar-refractivity contribution < 1.29 is 9.53 Å². The predicted molar refractivity (Wildman–Crippen MR) is 101 cm³/mol. The molecule has 3 rings (SSSR count). The molecule has 1 aromatic heterocycles. The first-order valence-corrected chi connectivity index (χ1v) is 8.21. The molecule has 0 aliphatic rings. The van der Waals surface area contributed by atoms with Crippen LogP contribution in [0, 0.1) is 6.92 Å². The molecule has 0 aliphatic heterocycles. The van der Waals surface area contributed by atoms with Gasteiger partial charge in [-0.3, -0.25) is 4.79 Å². The Hall–Kier alpha value is -3.41. The molecule has 132 valence electrons. The number of hydrogen-bond acceptors (Lipinski definition) is 5. The van der Waals surface area contributed by atoms with Crippen LogP contribution in [-0.4, -0.2) is 23.0 Å². The lowest BCUT2D eigenvalue weighted by molar-refractivity contribution is 0.0945. The monoisotopic (exact) mass is 348 g/mol. The van der Waals surface area contributed by atoms with E-state index in [-0.39, 0.29) is 11.6 Å². The molecule has 0 spiro atoms. The summed E-state index contributed by atoms with van der Waals surface area (Å²) in [5, 5.41) is 5.97. The first-order valence-electron chi connectivity index (χ1n) is 8.21. The summed E-state index contributed by atoms with van der Waals surface area (Å²) in [5.74, 6) is 1.02. The number of nitrogens with zero attached hydrogens (tertiary/aromatic N) is 2. The van der Waals surface area contributed by atoms with Gasteiger partial charge in [-0.2, -0.15) is 0 Å². The molecule has 2 aromatic carbocycles. The van der Waals surface area contributed by atoms with Gasteiger partial charge >= 0.3 is 0 Å². The van der Waals surface area contributed by atoms with Gasteiger partial charge in [0.05, 0.1) is 19.5 Å². The summed E-state index contributed by atoms with van der Waals surface area (Å²) in [6.45, 7) is 2.38. The van der Waals surface area contributed by atoms with Gasteiger partial charge in [0, 0.05) is 17.8 Å². The molecule has 0 aliphatic carbocycles. The number of carbonyl (C=O) groups excluding carboxylic acids is 1. The molecule has 0 saturated carbocycles. The number of benzene rings is 2. The van der Waals surface area contributed by atoms with Crippen LogP contribution < -0.4 is 15.4 Å². The molecule has 0 unspecified atom stereocenters. The second kappa shape index (κ2) is 8.11. The number of hydrogen-bond donors (Lipinski definition) is 2. The Labute approximate surface area is 152 Å². The van der Waals surface area contributed by atoms with Crippen molar-refractivity contribution in [3.63, 3.8) is 0 Å². The van der Waals surface area contributed by atoms with Gasteiger partial charge in [0.25, 0.3) is 5.91 Å². The van der Waals surface area contributed by atoms with E-state index in [9.17, 15) is 4.79 Å². The van der Waals surface area contributed by atoms with Crippen LogP contribution in [0.15, 0.2) is 60.9 Å². The molecular formula is C20H20N4O2. The molecule has 1 amide bonds. The smallest absolute Gasteiger partial charge is 0.271 e. The zero-order chi connectivity index (χ0) is 18.4. The molecule has 6 nitrogen and oxygen atoms in total. The molecule has 0 fully saturated rings. The van der Waals surface area contributed by atoms with Crippen LogP contribution in [0.2, 0.25) is 0 Å². The maximum atomic E-state index is 12.2. The van der Waals surface area contributed by atoms with E-state index in [4.69, 9.17) is 4.74 Å². The Kier molecular flexibility index (Phi) is 5.43. The number of anilines is 2. The minimum absolute atomic E-state index is 0.259. The summed E-state index contributed by atoms with van der Waals surface area (Å²) in [6, 6.07) is 15.5. The number of rotatable bonds is 6. The Morgan fingerprint density at radius 1 is 1.04 bits per heavy atom. The Balaban J connectivity index is 1.60. The molecule has 3 aromatic rings. The van der Waals surface area contributed by atoms with E-state index in [1.165, 1.54) is 18.0 Å². The lowest BCUT2D eigenvalue weighted by atomic mass is 10.2. The summed E-state index contributed by atoms with van der Waals surface area (Å²) in [6.07, 6.45) is 2.99. The fraction of sp³-hybridized carbons (Fsp3) is 0.150. The highest BCUT2D eigenvalue weighted by Gasteiger charge is 2.09. The van der Waals surface area contributed by atoms with Crippen molar-refractivity contribution in [2.24, 2.45) is 0 Å². The predicted octanol–water partition coefficient (Wildman–Crippen LogP) is 3.47. The van der Waals surface area contributed by atoms with Gasteiger partial charge in [0.1, 0.15) is 17.3 Å². The minimum Gasteiger partial charge on any atom is -0.496 e. The Bertz CT molecular complexity index is 877. The molecule has 0 radical (unpaired) electrons. The second-order valence-electron chi connectivity index (χ2n) is 5.77. The highest BCUT2D eigenvalue weighted by atomic mass is 16.5. The fourth-order valence-electron chi connectivity index (χ4n) is 2.41. The molecule has 0 saturated heterocycles. The molecule has 6 heteroatoms. The SMILES string of the molecule is COc1ccccc1CNC(=O)c1cnc(Nc2ccc(C)cc2)cn1. The lowest BCUT2D eigenvalue weighted by Crippen LogP contribution is -2.24. The largest absolute Gasteiger partial charge is 0.496 e. The van der Waals surface area contributed by atoms with E-state index in [0.29, 0.717) is 12.4 Å². The third kappa shape index (κ3) is 4.36. The highest BCUT2D eigenvalue weighted by Crippen LogP contribution is 2.17. The van der Waals surface area contributed by atoms with Gasteiger partial charge in [-0.15, -0.1) is 0 Å². The number of para-hydroxylation sites is 1. The van der Waals surface area contributed by atoms with Crippen molar-refractivity contribution in [2.45, 2.75) is 13.5 Å². The number of ether oxygens (including phenoxy) is 1. The van der Waals surface area contributed by atoms with Gasteiger partial charge in [-0.1, -0.05) is 35.9 Å². The van der Waals surface area contributed by atoms with Crippen molar-refractivity contribution in [3.8, 4) is 5.75 Å². The van der Waals surface area contributed by atoms with Crippen molar-refractivity contribution in [1.29, 1.82) is 0 Å². The zero-order valence-electron chi connectivity index (χ0n) is 14.7. The molecule has 0 atom stereocenters. The summed E-state index contributed by atoms with van der Waals surface area (Å²) < 4.78 is 5.28. The van der Waals surface area contributed by atoms with E-state index in [0.717, 1.165) is 17.0 Å². The lowest BCUT2D eigenvalue weighted by Gasteiger charge is -2.09. The molecule has 0 bridgehead atoms. The quantitative estimate of drug-likeness (QED) is 0.713. The van der Waals surface area contributed by atoms with Gasteiger partial charge in [0.15, 0.2) is 0 Å². The topological polar surface area (TPSA) is 76.1 Å². The second-order valence-corrected chi connectivity index (χ2v) is 5.77. The summed E-state index contributed by atoms with van der Waals surface area (Å²) in [4.78, 5) is 20.7. The molecular weight excluding hydrogens is 328 g/mol. The Morgan fingerprint density at radius 3 is 2.50 bits per heavy atom. The van der Waals surface area contributed by atoms with Crippen molar-refractivity contribution >= 4 is 17.4 Å². The molecule has 1 heterocycles. The first kappa shape index (κ1) is 17.4. The summed E-state index contributed by atoms with van der Waals surface area (Å²) in [5.41, 5.74) is 3.25. The van der Waals surface area contributed by atoms with Crippen LogP contribution in [0.1, 0.15) is 21.6 Å². The standard InChI is InChI=1S/C20H20N4O2/c1-14-7-9-16(10-8-14)24-19-13-21-17(12-22-19)20(25)23-11-15-5-3-4-6-18(15)26-2/h3-10,12-13H,11H2,1-2H3,(H,22,24)(H,23,25). The highest BCUT2D eigenvalue weighted by molar-refractivity contribution is 5.92. The number of aromatic nitrogens is 2. The van der Waals surface area contributed by atoms with Crippen LogP contribution in [0.5, 0.6) is 5.75 Å². The summed E-state index contributed by atoms with van der Waals surface area (Å²) in [7, 11) is 1.60. The first-order chi connectivity index (χ1) is 12.7. The summed E-state index contributed by atoms with van der Waals surface area (Å²) >= 11 is 0. The van der Waals surface area contributed by atoms with E-state index < -0.39 is 0 Å². The molecule has 26 heavy (non-hydrogen) atoms. The van der Waals surface area contributed by atoms with Gasteiger partial charge in [-0.25, -0.2) is 9.97 Å². The van der Waals surface area contributed by atoms with E-state index in [2.05, 4.69) is 20.6 Å². The third-order valence-corrected chi connectivity index (χ3v) is 3.84. The number of aryl methyl sites for hydroxylation is 1. The van der Waals surface area contributed by atoms with Crippen molar-refractivity contribution in [3.05, 3.63) is 77.7 Å². The van der Waals surface area contributed by atoms with E-state index in [1.807, 2.05) is 55.5 Å². The fourth-order valence-corrected chi connectivity index (χ4v) is 2.41. The van der Waals surface area contributed by atoms with E-state index >= 15 is 0 Å². The van der Waals surface area contributed by atoms with Gasteiger partial charge < -0.3 is 15.4 Å². The maximum absolute atomic E-state index is 12.2. The van der Waals surface area contributed by atoms with Crippen LogP contribution in [0.25, 0.3) is 0 Å². The third-order valence-electron chi connectivity index (χ3n) is 3.84. The maximum Gasteiger partial charge on any atom is 0.271 e. The average molecular weight is 348 g/mol. The number of methoxy groups -OCH3 is 1. The van der Waals surface area contributed by atoms with E-state index in [1.54, 1.807) is 7.11 Å². The minimum atomic E-state index is -0.287. The van der Waals surface area contributed by atoms with Crippen molar-refractivity contribution in [1.82, 2.24) is 15.3 Å². The average Bonchev–Trinajstić information content (AvgIpc) is 2.68. The van der Waals surface area contributed by atoms with Crippen LogP contribution in [-0.2, 0) is 6.54 Å². The number of nitrogens with one attached hydrogen (secondary N) is 2. The van der Waals surface area contributed by atoms with Gasteiger partial charge in [0.2, 0.25) is 0 Å². The molecule has 2 N–H and O–H groups in total. The van der Waals surface area contributed by atoms with Crippen molar-refractivity contribution in [2.75, 3.05) is 12.4 Å². The zero-order valence-corrected chi connectivity index (χ0v) is 14.7.